The molecule has 0 aliphatic carbocycles. The number of hydrogen-bond acceptors (Lipinski definition) is 3. The molecule has 1 N–H and O–H groups in total. The van der Waals surface area contributed by atoms with E-state index in [2.05, 4.69) is 5.32 Å². The number of carbonyl (C=O) groups is 2. The fraction of sp³-hybridized carbons (Fsp3) is 0.391. The van der Waals surface area contributed by atoms with Gasteiger partial charge < -0.3 is 10.2 Å². The molecule has 34 heavy (non-hydrogen) atoms. The molecule has 0 unspecified atom stereocenters. The number of nitrogens with zero attached hydrogens (tertiary/aromatic N) is 2. The van der Waals surface area contributed by atoms with Gasteiger partial charge in [-0.05, 0) is 36.6 Å². The molecule has 2 aromatic carbocycles. The highest BCUT2D eigenvalue weighted by Crippen LogP contribution is 2.38. The van der Waals surface area contributed by atoms with Gasteiger partial charge in [0.25, 0.3) is 5.91 Å². The largest absolute Gasteiger partial charge is 0.416 e. The van der Waals surface area contributed by atoms with Crippen LogP contribution in [0.25, 0.3) is 0 Å². The number of alkyl halides is 6. The smallest absolute Gasteiger partial charge is 0.342 e. The van der Waals surface area contributed by atoms with Crippen LogP contribution in [0.2, 0.25) is 0 Å². The number of amides is 2. The highest BCUT2D eigenvalue weighted by Gasteiger charge is 2.50. The Hall–Kier alpha value is -3.08. The van der Waals surface area contributed by atoms with Crippen molar-refractivity contribution >= 4 is 11.8 Å². The quantitative estimate of drug-likeness (QED) is 0.661. The van der Waals surface area contributed by atoms with Crippen molar-refractivity contribution in [3.8, 4) is 0 Å². The first-order valence-corrected chi connectivity index (χ1v) is 10.6. The molecule has 0 bridgehead atoms. The summed E-state index contributed by atoms with van der Waals surface area (Å²) in [7, 11) is 0. The maximum Gasteiger partial charge on any atom is 0.416 e. The van der Waals surface area contributed by atoms with E-state index in [9.17, 15) is 35.9 Å². The Morgan fingerprint density at radius 3 is 2.00 bits per heavy atom. The Morgan fingerprint density at radius 1 is 0.912 bits per heavy atom. The summed E-state index contributed by atoms with van der Waals surface area (Å²) in [6.45, 7) is 0.838. The van der Waals surface area contributed by atoms with E-state index in [4.69, 9.17) is 0 Å². The highest BCUT2D eigenvalue weighted by atomic mass is 19.4. The number of piperidine rings is 1. The topological polar surface area (TPSA) is 52.7 Å². The van der Waals surface area contributed by atoms with Gasteiger partial charge in [0.2, 0.25) is 5.91 Å². The van der Waals surface area contributed by atoms with Gasteiger partial charge in [0.05, 0.1) is 17.8 Å². The average molecular weight is 485 g/mol. The summed E-state index contributed by atoms with van der Waals surface area (Å²) in [6, 6.07) is 10.3. The highest BCUT2D eigenvalue weighted by molar-refractivity contribution is 5.95. The Labute approximate surface area is 191 Å². The van der Waals surface area contributed by atoms with E-state index in [0.29, 0.717) is 25.3 Å². The maximum atomic E-state index is 13.2. The minimum atomic E-state index is -5.04. The van der Waals surface area contributed by atoms with Crippen molar-refractivity contribution in [1.82, 2.24) is 15.1 Å². The van der Waals surface area contributed by atoms with Crippen LogP contribution >= 0.6 is 0 Å². The zero-order valence-electron chi connectivity index (χ0n) is 17.8. The first-order chi connectivity index (χ1) is 15.9. The van der Waals surface area contributed by atoms with Crippen LogP contribution in [0.5, 0.6) is 0 Å². The standard InChI is InChI=1S/C23H21F6N3O2/c24-22(25,26)17-10-16(11-18(12-17)23(27,28)29)19(33)31-8-6-21(7-9-31)20(34)30-14-32(21)13-15-4-2-1-3-5-15/h1-5,10-12H,6-9,13-14H2,(H,30,34). The molecule has 2 heterocycles. The molecule has 5 nitrogen and oxygen atoms in total. The van der Waals surface area contributed by atoms with E-state index in [1.165, 1.54) is 4.90 Å². The molecule has 11 heteroatoms. The van der Waals surface area contributed by atoms with E-state index < -0.39 is 40.5 Å². The van der Waals surface area contributed by atoms with Gasteiger partial charge in [-0.15, -0.1) is 0 Å². The van der Waals surface area contributed by atoms with E-state index in [-0.39, 0.29) is 37.9 Å². The number of carbonyl (C=O) groups excluding carboxylic acids is 2. The molecule has 2 amide bonds. The van der Waals surface area contributed by atoms with E-state index >= 15 is 0 Å². The van der Waals surface area contributed by atoms with Crippen LogP contribution in [0.3, 0.4) is 0 Å². The third-order valence-electron chi connectivity index (χ3n) is 6.39. The van der Waals surface area contributed by atoms with Crippen LogP contribution in [-0.2, 0) is 23.7 Å². The Kier molecular flexibility index (Phi) is 6.09. The molecule has 1 spiro atoms. The summed E-state index contributed by atoms with van der Waals surface area (Å²) in [5.41, 5.74) is -3.67. The lowest BCUT2D eigenvalue weighted by Gasteiger charge is -2.42. The molecule has 0 aromatic heterocycles. The van der Waals surface area contributed by atoms with Gasteiger partial charge in [0.1, 0.15) is 5.54 Å². The number of likely N-dealkylation sites (tertiary alicyclic amines) is 1. The van der Waals surface area contributed by atoms with Crippen LogP contribution in [-0.4, -0.2) is 46.9 Å². The molecule has 2 aliphatic rings. The second-order valence-corrected chi connectivity index (χ2v) is 8.47. The Morgan fingerprint density at radius 2 is 1.47 bits per heavy atom. The molecule has 2 aliphatic heterocycles. The third kappa shape index (κ3) is 4.61. The number of rotatable bonds is 3. The van der Waals surface area contributed by atoms with Gasteiger partial charge in [-0.3, -0.25) is 14.5 Å². The van der Waals surface area contributed by atoms with Crippen LogP contribution in [0.4, 0.5) is 26.3 Å². The molecule has 2 fully saturated rings. The summed E-state index contributed by atoms with van der Waals surface area (Å²) < 4.78 is 79.0. The molecule has 0 atom stereocenters. The van der Waals surface area contributed by atoms with E-state index in [0.717, 1.165) is 5.56 Å². The molecular formula is C23H21F6N3O2. The minimum absolute atomic E-state index is 0.00764. The first-order valence-electron chi connectivity index (χ1n) is 10.6. The van der Waals surface area contributed by atoms with E-state index in [1.54, 1.807) is 0 Å². The Bertz CT molecular complexity index is 1040. The first kappa shape index (κ1) is 24.1. The predicted molar refractivity (Wildman–Crippen MR) is 109 cm³/mol. The number of hydrogen-bond donors (Lipinski definition) is 1. The fourth-order valence-electron chi connectivity index (χ4n) is 4.52. The third-order valence-corrected chi connectivity index (χ3v) is 6.39. The zero-order valence-corrected chi connectivity index (χ0v) is 17.8. The van der Waals surface area contributed by atoms with Gasteiger partial charge in [-0.1, -0.05) is 30.3 Å². The lowest BCUT2D eigenvalue weighted by molar-refractivity contribution is -0.143. The van der Waals surface area contributed by atoms with Crippen LogP contribution < -0.4 is 5.32 Å². The normalized spacial score (nSPS) is 18.9. The maximum absolute atomic E-state index is 13.2. The van der Waals surface area contributed by atoms with Gasteiger partial charge in [-0.2, -0.15) is 26.3 Å². The SMILES string of the molecule is O=C(c1cc(C(F)(F)F)cc(C(F)(F)F)c1)N1CCC2(CC1)C(=O)NCN2Cc1ccccc1. The van der Waals surface area contributed by atoms with Gasteiger partial charge in [0, 0.05) is 25.2 Å². The summed E-state index contributed by atoms with van der Waals surface area (Å²) in [5, 5.41) is 2.81. The van der Waals surface area contributed by atoms with E-state index in [1.807, 2.05) is 35.2 Å². The van der Waals surface area contributed by atoms with Crippen LogP contribution in [0.15, 0.2) is 48.5 Å². The van der Waals surface area contributed by atoms with Crippen molar-refractivity contribution in [1.29, 1.82) is 0 Å². The van der Waals surface area contributed by atoms with Crippen LogP contribution in [0, 0.1) is 0 Å². The van der Waals surface area contributed by atoms with Crippen molar-refractivity contribution < 1.29 is 35.9 Å². The minimum Gasteiger partial charge on any atom is -0.342 e. The molecule has 0 saturated carbocycles. The molecular weight excluding hydrogens is 464 g/mol. The summed E-state index contributed by atoms with van der Waals surface area (Å²) in [5.74, 6) is -1.13. The predicted octanol–water partition coefficient (Wildman–Crippen LogP) is 4.29. The van der Waals surface area contributed by atoms with Gasteiger partial charge in [0.15, 0.2) is 0 Å². The average Bonchev–Trinajstić information content (AvgIpc) is 3.08. The Balaban J connectivity index is 1.54. The van der Waals surface area contributed by atoms with Crippen molar-refractivity contribution in [2.24, 2.45) is 0 Å². The van der Waals surface area contributed by atoms with Crippen molar-refractivity contribution in [2.75, 3.05) is 19.8 Å². The van der Waals surface area contributed by atoms with Crippen molar-refractivity contribution in [3.63, 3.8) is 0 Å². The fourth-order valence-corrected chi connectivity index (χ4v) is 4.52. The number of nitrogens with one attached hydrogen (secondary N) is 1. The van der Waals surface area contributed by atoms with Gasteiger partial charge >= 0.3 is 12.4 Å². The number of benzene rings is 2. The summed E-state index contributed by atoms with van der Waals surface area (Å²) in [4.78, 5) is 28.8. The number of halogens is 6. The summed E-state index contributed by atoms with van der Waals surface area (Å²) in [6.07, 6.45) is -9.66. The second-order valence-electron chi connectivity index (χ2n) is 8.47. The van der Waals surface area contributed by atoms with Crippen molar-refractivity contribution in [2.45, 2.75) is 37.3 Å². The van der Waals surface area contributed by atoms with Crippen LogP contribution in [0.1, 0.15) is 39.9 Å². The molecule has 4 rings (SSSR count). The molecule has 2 saturated heterocycles. The molecule has 0 radical (unpaired) electrons. The zero-order chi connectivity index (χ0) is 24.7. The lowest BCUT2D eigenvalue weighted by atomic mass is 9.85. The van der Waals surface area contributed by atoms with Gasteiger partial charge in [-0.25, -0.2) is 0 Å². The second kappa shape index (κ2) is 8.61. The molecule has 2 aromatic rings. The van der Waals surface area contributed by atoms with Crippen molar-refractivity contribution in [3.05, 3.63) is 70.8 Å². The monoisotopic (exact) mass is 485 g/mol. The lowest BCUT2D eigenvalue weighted by Crippen LogP contribution is -2.56. The summed E-state index contributed by atoms with van der Waals surface area (Å²) >= 11 is 0. The molecule has 182 valence electrons.